The van der Waals surface area contributed by atoms with Crippen LogP contribution < -0.4 is 0 Å². The summed E-state index contributed by atoms with van der Waals surface area (Å²) in [6.45, 7) is -0.439. The summed E-state index contributed by atoms with van der Waals surface area (Å²) in [7, 11) is 0. The number of hydrogen-bond acceptors (Lipinski definition) is 9. The normalized spacial score (nSPS) is 11.6. The molecule has 0 radical (unpaired) electrons. The summed E-state index contributed by atoms with van der Waals surface area (Å²) in [5.74, 6) is 0.135. The smallest absolute Gasteiger partial charge is 0.227 e. The summed E-state index contributed by atoms with van der Waals surface area (Å²) in [6, 6.07) is 0. The molecule has 0 amide bonds. The van der Waals surface area contributed by atoms with Gasteiger partial charge in [0.05, 0.1) is 19.8 Å². The highest BCUT2D eigenvalue weighted by Gasteiger charge is 2.16. The van der Waals surface area contributed by atoms with E-state index in [1.165, 1.54) is 6.33 Å². The second-order valence-electron chi connectivity index (χ2n) is 3.52. The standard InChI is InChI=1S/C7H9Cl2N3O3.C3HCl2N3/c8-6-10-5(11-7(9)12-6)4(3-14)15-2-1-13;4-2-6-1-7-3(5)8-2/h4,13-14H,1-3H2;1H. The minimum Gasteiger partial charge on any atom is -0.394 e. The molecule has 23 heavy (non-hydrogen) atoms. The Morgan fingerprint density at radius 1 is 0.870 bits per heavy atom. The average molecular weight is 404 g/mol. The van der Waals surface area contributed by atoms with Crippen molar-refractivity contribution in [2.45, 2.75) is 6.10 Å². The molecule has 2 rings (SSSR count). The maximum atomic E-state index is 8.99. The van der Waals surface area contributed by atoms with Crippen molar-refractivity contribution in [1.29, 1.82) is 0 Å². The first-order valence-electron chi connectivity index (χ1n) is 5.86. The first-order chi connectivity index (χ1) is 11.0. The zero-order valence-electron chi connectivity index (χ0n) is 11.3. The quantitative estimate of drug-likeness (QED) is 0.760. The summed E-state index contributed by atoms with van der Waals surface area (Å²) >= 11 is 21.7. The van der Waals surface area contributed by atoms with E-state index in [-0.39, 0.29) is 46.8 Å². The number of ether oxygens (including phenoxy) is 1. The molecule has 9 nitrogen and oxygen atoms in total. The molecule has 0 aliphatic carbocycles. The van der Waals surface area contributed by atoms with Gasteiger partial charge < -0.3 is 14.9 Å². The van der Waals surface area contributed by atoms with Crippen molar-refractivity contribution in [1.82, 2.24) is 29.9 Å². The second kappa shape index (κ2) is 10.8. The molecular formula is C10H10Cl4N6O3. The number of hydrogen-bond donors (Lipinski definition) is 2. The number of aliphatic hydroxyl groups is 2. The van der Waals surface area contributed by atoms with Crippen LogP contribution in [-0.2, 0) is 4.74 Å². The first-order valence-corrected chi connectivity index (χ1v) is 7.37. The Morgan fingerprint density at radius 3 is 1.78 bits per heavy atom. The van der Waals surface area contributed by atoms with Gasteiger partial charge in [-0.3, -0.25) is 0 Å². The fourth-order valence-corrected chi connectivity index (χ4v) is 1.81. The molecule has 0 bridgehead atoms. The fourth-order valence-electron chi connectivity index (χ4n) is 1.15. The molecule has 126 valence electrons. The van der Waals surface area contributed by atoms with E-state index in [9.17, 15) is 0 Å². The van der Waals surface area contributed by atoms with Crippen LogP contribution in [0.3, 0.4) is 0 Å². The molecule has 0 fully saturated rings. The lowest BCUT2D eigenvalue weighted by molar-refractivity contribution is -0.00953. The number of halogens is 4. The van der Waals surface area contributed by atoms with Crippen molar-refractivity contribution in [3.63, 3.8) is 0 Å². The molecule has 2 heterocycles. The average Bonchev–Trinajstić information content (AvgIpc) is 2.47. The number of aliphatic hydroxyl groups excluding tert-OH is 2. The van der Waals surface area contributed by atoms with Crippen molar-refractivity contribution >= 4 is 46.4 Å². The monoisotopic (exact) mass is 402 g/mol. The SMILES string of the molecule is Clc1ncnc(Cl)n1.OCCOC(CO)c1nc(Cl)nc(Cl)n1. The topological polar surface area (TPSA) is 127 Å². The van der Waals surface area contributed by atoms with Crippen LogP contribution in [0.5, 0.6) is 0 Å². The fraction of sp³-hybridized carbons (Fsp3) is 0.400. The largest absolute Gasteiger partial charge is 0.394 e. The van der Waals surface area contributed by atoms with Gasteiger partial charge in [0, 0.05) is 0 Å². The molecule has 0 spiro atoms. The third kappa shape index (κ3) is 7.93. The van der Waals surface area contributed by atoms with E-state index in [0.717, 1.165) is 0 Å². The van der Waals surface area contributed by atoms with Gasteiger partial charge in [0.15, 0.2) is 5.82 Å². The Balaban J connectivity index is 0.000000277. The Kier molecular flexibility index (Phi) is 9.41. The molecule has 0 aliphatic rings. The molecule has 0 aliphatic heterocycles. The molecular weight excluding hydrogens is 394 g/mol. The van der Waals surface area contributed by atoms with Gasteiger partial charge >= 0.3 is 0 Å². The molecule has 2 aromatic rings. The summed E-state index contributed by atoms with van der Waals surface area (Å²) in [6.07, 6.45) is 0.479. The Labute approximate surface area is 150 Å². The number of nitrogens with zero attached hydrogens (tertiary/aromatic N) is 6. The minimum absolute atomic E-state index is 0.0617. The van der Waals surface area contributed by atoms with Crippen molar-refractivity contribution in [2.24, 2.45) is 0 Å². The zero-order valence-corrected chi connectivity index (χ0v) is 14.3. The van der Waals surface area contributed by atoms with Crippen LogP contribution >= 0.6 is 46.4 Å². The molecule has 1 unspecified atom stereocenters. The third-order valence-corrected chi connectivity index (χ3v) is 2.68. The summed E-state index contributed by atoms with van der Waals surface area (Å²) < 4.78 is 5.07. The molecule has 2 aromatic heterocycles. The molecule has 13 heteroatoms. The van der Waals surface area contributed by atoms with E-state index in [2.05, 4.69) is 29.9 Å². The summed E-state index contributed by atoms with van der Waals surface area (Å²) in [5, 5.41) is 17.6. The van der Waals surface area contributed by atoms with Crippen LogP contribution in [0.15, 0.2) is 6.33 Å². The van der Waals surface area contributed by atoms with Crippen LogP contribution in [0.25, 0.3) is 0 Å². The molecule has 1 atom stereocenters. The maximum Gasteiger partial charge on any atom is 0.227 e. The van der Waals surface area contributed by atoms with Gasteiger partial charge in [-0.1, -0.05) is 0 Å². The van der Waals surface area contributed by atoms with Crippen LogP contribution in [0.1, 0.15) is 11.9 Å². The lowest BCUT2D eigenvalue weighted by Gasteiger charge is -2.12. The van der Waals surface area contributed by atoms with Crippen LogP contribution in [0.2, 0.25) is 21.1 Å². The lowest BCUT2D eigenvalue weighted by atomic mass is 10.3. The van der Waals surface area contributed by atoms with E-state index in [4.69, 9.17) is 61.4 Å². The second-order valence-corrected chi connectivity index (χ2v) is 4.87. The summed E-state index contributed by atoms with van der Waals surface area (Å²) in [4.78, 5) is 21.5. The zero-order chi connectivity index (χ0) is 17.2. The Morgan fingerprint density at radius 2 is 1.39 bits per heavy atom. The summed E-state index contributed by atoms with van der Waals surface area (Å²) in [5.41, 5.74) is 0. The van der Waals surface area contributed by atoms with Gasteiger partial charge in [0.2, 0.25) is 21.1 Å². The van der Waals surface area contributed by atoms with E-state index in [0.29, 0.717) is 0 Å². The minimum atomic E-state index is -0.768. The van der Waals surface area contributed by atoms with Crippen LogP contribution in [0.4, 0.5) is 0 Å². The van der Waals surface area contributed by atoms with Gasteiger partial charge in [-0.05, 0) is 46.4 Å². The van der Waals surface area contributed by atoms with E-state index < -0.39 is 6.10 Å². The highest BCUT2D eigenvalue weighted by Crippen LogP contribution is 2.15. The molecule has 0 aromatic carbocycles. The van der Waals surface area contributed by atoms with Gasteiger partial charge in [0.25, 0.3) is 0 Å². The highest BCUT2D eigenvalue weighted by atomic mass is 35.5. The molecule has 0 saturated heterocycles. The van der Waals surface area contributed by atoms with Gasteiger partial charge in [0.1, 0.15) is 12.4 Å². The van der Waals surface area contributed by atoms with Gasteiger partial charge in [-0.25, -0.2) is 9.97 Å². The van der Waals surface area contributed by atoms with Gasteiger partial charge in [-0.2, -0.15) is 19.9 Å². The van der Waals surface area contributed by atoms with Gasteiger partial charge in [-0.15, -0.1) is 0 Å². The Hall–Kier alpha value is -0.940. The predicted molar refractivity (Wildman–Crippen MR) is 82.6 cm³/mol. The van der Waals surface area contributed by atoms with E-state index in [1.54, 1.807) is 0 Å². The first kappa shape index (κ1) is 20.1. The van der Waals surface area contributed by atoms with Crippen molar-refractivity contribution in [2.75, 3.05) is 19.8 Å². The van der Waals surface area contributed by atoms with Crippen molar-refractivity contribution < 1.29 is 14.9 Å². The van der Waals surface area contributed by atoms with Crippen molar-refractivity contribution in [3.8, 4) is 0 Å². The predicted octanol–water partition coefficient (Wildman–Crippen LogP) is 1.40. The Bertz CT molecular complexity index is 585. The number of aromatic nitrogens is 6. The highest BCUT2D eigenvalue weighted by molar-refractivity contribution is 6.31. The third-order valence-electron chi connectivity index (χ3n) is 1.98. The van der Waals surface area contributed by atoms with Crippen LogP contribution in [-0.4, -0.2) is 59.9 Å². The van der Waals surface area contributed by atoms with Crippen LogP contribution in [0, 0.1) is 0 Å². The number of rotatable bonds is 5. The van der Waals surface area contributed by atoms with Crippen molar-refractivity contribution in [3.05, 3.63) is 33.3 Å². The lowest BCUT2D eigenvalue weighted by Crippen LogP contribution is -2.15. The van der Waals surface area contributed by atoms with E-state index >= 15 is 0 Å². The molecule has 2 N–H and O–H groups in total. The molecule has 0 saturated carbocycles. The van der Waals surface area contributed by atoms with E-state index in [1.807, 2.05) is 0 Å². The maximum absolute atomic E-state index is 8.99.